The molecule has 1 aromatic heterocycles. The van der Waals surface area contributed by atoms with Gasteiger partial charge >= 0.3 is 0 Å². The van der Waals surface area contributed by atoms with Crippen molar-refractivity contribution in [3.63, 3.8) is 0 Å². The summed E-state index contributed by atoms with van der Waals surface area (Å²) in [5.41, 5.74) is 0. The first-order chi connectivity index (χ1) is 6.80. The van der Waals surface area contributed by atoms with Gasteiger partial charge in [0.1, 0.15) is 0 Å². The molecule has 0 spiro atoms. The Hall–Kier alpha value is -1.10. The minimum Gasteiger partial charge on any atom is -0.354 e. The van der Waals surface area contributed by atoms with Crippen molar-refractivity contribution in [2.75, 3.05) is 23.7 Å². The number of rotatable bonds is 5. The molecule has 0 fully saturated rings. The Morgan fingerprint density at radius 1 is 1.00 bits per heavy atom. The zero-order valence-electron chi connectivity index (χ0n) is 8.34. The average molecular weight is 216 g/mol. The number of anilines is 2. The molecule has 0 amide bonds. The van der Waals surface area contributed by atoms with Gasteiger partial charge in [-0.05, 0) is 13.8 Å². The lowest BCUT2D eigenvalue weighted by Gasteiger charge is -2.06. The summed E-state index contributed by atoms with van der Waals surface area (Å²) in [5, 5.41) is 6.04. The molecule has 0 saturated carbocycles. The number of nitrogens with zero attached hydrogens (tertiary/aromatic N) is 3. The first-order valence-corrected chi connectivity index (χ1v) is 5.12. The Labute approximate surface area is 88.3 Å². The third-order valence-electron chi connectivity index (χ3n) is 1.47. The number of hydrogen-bond donors (Lipinski definition) is 2. The second kappa shape index (κ2) is 5.59. The summed E-state index contributed by atoms with van der Waals surface area (Å²) in [5.74, 6) is 2.00. The van der Waals surface area contributed by atoms with E-state index < -0.39 is 0 Å². The van der Waals surface area contributed by atoms with Crippen molar-refractivity contribution in [1.82, 2.24) is 15.0 Å². The monoisotopic (exact) mass is 215 g/mol. The van der Waals surface area contributed by atoms with Crippen molar-refractivity contribution >= 4 is 23.5 Å². The maximum absolute atomic E-state index is 5.66. The maximum Gasteiger partial charge on any atom is 0.227 e. The largest absolute Gasteiger partial charge is 0.354 e. The SMILES string of the molecule is CCNc1nc(CCl)nc(NCC)n1. The van der Waals surface area contributed by atoms with Gasteiger partial charge in [-0.15, -0.1) is 11.6 Å². The summed E-state index contributed by atoms with van der Waals surface area (Å²) >= 11 is 5.66. The van der Waals surface area contributed by atoms with Crippen LogP contribution in [0.1, 0.15) is 19.7 Å². The molecular formula is C8H14ClN5. The molecule has 1 heterocycles. The van der Waals surface area contributed by atoms with Gasteiger partial charge < -0.3 is 10.6 Å². The second-order valence-corrected chi connectivity index (χ2v) is 2.86. The van der Waals surface area contributed by atoms with Crippen LogP contribution in [-0.4, -0.2) is 28.0 Å². The summed E-state index contributed by atoms with van der Waals surface area (Å²) in [4.78, 5) is 12.4. The molecule has 5 nitrogen and oxygen atoms in total. The van der Waals surface area contributed by atoms with Gasteiger partial charge in [0.15, 0.2) is 5.82 Å². The Kier molecular flexibility index (Phi) is 4.39. The third-order valence-corrected chi connectivity index (χ3v) is 1.71. The van der Waals surface area contributed by atoms with Crippen LogP contribution in [0.5, 0.6) is 0 Å². The fourth-order valence-electron chi connectivity index (χ4n) is 0.954. The number of nitrogens with one attached hydrogen (secondary N) is 2. The Morgan fingerprint density at radius 2 is 1.50 bits per heavy atom. The van der Waals surface area contributed by atoms with Crippen molar-refractivity contribution < 1.29 is 0 Å². The first kappa shape index (κ1) is 11.0. The molecule has 0 radical (unpaired) electrons. The Bertz CT molecular complexity index is 267. The topological polar surface area (TPSA) is 62.7 Å². The van der Waals surface area contributed by atoms with Gasteiger partial charge in [-0.3, -0.25) is 0 Å². The van der Waals surface area contributed by atoms with E-state index in [0.717, 1.165) is 13.1 Å². The molecule has 1 rings (SSSR count). The van der Waals surface area contributed by atoms with E-state index in [4.69, 9.17) is 11.6 Å². The van der Waals surface area contributed by atoms with Gasteiger partial charge in [-0.2, -0.15) is 15.0 Å². The normalized spacial score (nSPS) is 9.93. The summed E-state index contributed by atoms with van der Waals surface area (Å²) < 4.78 is 0. The molecule has 1 aromatic rings. The molecule has 6 heteroatoms. The van der Waals surface area contributed by atoms with Crippen LogP contribution >= 0.6 is 11.6 Å². The van der Waals surface area contributed by atoms with Crippen molar-refractivity contribution in [2.45, 2.75) is 19.7 Å². The predicted molar refractivity (Wildman–Crippen MR) is 57.7 cm³/mol. The smallest absolute Gasteiger partial charge is 0.227 e. The van der Waals surface area contributed by atoms with E-state index in [1.165, 1.54) is 0 Å². The van der Waals surface area contributed by atoms with Gasteiger partial charge in [-0.1, -0.05) is 0 Å². The van der Waals surface area contributed by atoms with Crippen molar-refractivity contribution in [2.24, 2.45) is 0 Å². The van der Waals surface area contributed by atoms with Crippen LogP contribution in [0.4, 0.5) is 11.9 Å². The number of halogens is 1. The standard InChI is InChI=1S/C8H14ClN5/c1-3-10-7-12-6(5-9)13-8(14-7)11-4-2/h3-5H2,1-2H3,(H2,10,11,12,13,14). The molecule has 0 unspecified atom stereocenters. The summed E-state index contributed by atoms with van der Waals surface area (Å²) in [6, 6.07) is 0. The zero-order chi connectivity index (χ0) is 10.4. The first-order valence-electron chi connectivity index (χ1n) is 4.58. The molecule has 78 valence electrons. The fourth-order valence-corrected chi connectivity index (χ4v) is 1.07. The highest BCUT2D eigenvalue weighted by Gasteiger charge is 2.03. The summed E-state index contributed by atoms with van der Waals surface area (Å²) in [6.07, 6.45) is 0. The molecule has 0 bridgehead atoms. The van der Waals surface area contributed by atoms with Gasteiger partial charge in [0.25, 0.3) is 0 Å². The molecule has 0 atom stereocenters. The Morgan fingerprint density at radius 3 is 1.86 bits per heavy atom. The number of hydrogen-bond acceptors (Lipinski definition) is 5. The van der Waals surface area contributed by atoms with E-state index in [-0.39, 0.29) is 0 Å². The summed E-state index contributed by atoms with van der Waals surface area (Å²) in [6.45, 7) is 5.52. The Balaban J connectivity index is 2.88. The van der Waals surface area contributed by atoms with E-state index in [0.29, 0.717) is 23.6 Å². The maximum atomic E-state index is 5.66. The molecule has 0 aliphatic heterocycles. The van der Waals surface area contributed by atoms with Crippen molar-refractivity contribution in [3.05, 3.63) is 5.82 Å². The minimum atomic E-state index is 0.291. The highest BCUT2D eigenvalue weighted by atomic mass is 35.5. The van der Waals surface area contributed by atoms with Gasteiger partial charge in [-0.25, -0.2) is 0 Å². The average Bonchev–Trinajstić information content (AvgIpc) is 2.18. The van der Waals surface area contributed by atoms with Crippen LogP contribution in [-0.2, 0) is 5.88 Å². The van der Waals surface area contributed by atoms with E-state index in [9.17, 15) is 0 Å². The van der Waals surface area contributed by atoms with E-state index in [1.54, 1.807) is 0 Å². The van der Waals surface area contributed by atoms with Crippen LogP contribution in [0.15, 0.2) is 0 Å². The molecule has 0 aliphatic carbocycles. The highest BCUT2D eigenvalue weighted by Crippen LogP contribution is 2.06. The minimum absolute atomic E-state index is 0.291. The van der Waals surface area contributed by atoms with Gasteiger partial charge in [0.2, 0.25) is 11.9 Å². The number of aromatic nitrogens is 3. The summed E-state index contributed by atoms with van der Waals surface area (Å²) in [7, 11) is 0. The van der Waals surface area contributed by atoms with Crippen LogP contribution in [0.25, 0.3) is 0 Å². The van der Waals surface area contributed by atoms with Gasteiger partial charge in [0, 0.05) is 13.1 Å². The molecular weight excluding hydrogens is 202 g/mol. The van der Waals surface area contributed by atoms with Crippen LogP contribution in [0.3, 0.4) is 0 Å². The highest BCUT2D eigenvalue weighted by molar-refractivity contribution is 6.16. The molecule has 14 heavy (non-hydrogen) atoms. The van der Waals surface area contributed by atoms with Crippen LogP contribution < -0.4 is 10.6 Å². The van der Waals surface area contributed by atoms with E-state index >= 15 is 0 Å². The van der Waals surface area contributed by atoms with E-state index in [2.05, 4.69) is 25.6 Å². The molecule has 0 saturated heterocycles. The number of alkyl halides is 1. The van der Waals surface area contributed by atoms with E-state index in [1.807, 2.05) is 13.8 Å². The molecule has 0 aromatic carbocycles. The lowest BCUT2D eigenvalue weighted by molar-refractivity contribution is 0.940. The third kappa shape index (κ3) is 2.99. The zero-order valence-corrected chi connectivity index (χ0v) is 9.10. The lowest BCUT2D eigenvalue weighted by Crippen LogP contribution is -2.10. The van der Waals surface area contributed by atoms with Crippen molar-refractivity contribution in [1.29, 1.82) is 0 Å². The van der Waals surface area contributed by atoms with Crippen molar-refractivity contribution in [3.8, 4) is 0 Å². The molecule has 2 N–H and O–H groups in total. The molecule has 0 aliphatic rings. The van der Waals surface area contributed by atoms with Crippen LogP contribution in [0.2, 0.25) is 0 Å². The second-order valence-electron chi connectivity index (χ2n) is 2.59. The van der Waals surface area contributed by atoms with Crippen LogP contribution in [0, 0.1) is 0 Å². The van der Waals surface area contributed by atoms with Gasteiger partial charge in [0.05, 0.1) is 5.88 Å². The lowest BCUT2D eigenvalue weighted by atomic mass is 10.6. The predicted octanol–water partition coefficient (Wildman–Crippen LogP) is 1.47. The quantitative estimate of drug-likeness (QED) is 0.729. The fraction of sp³-hybridized carbons (Fsp3) is 0.625.